The van der Waals surface area contributed by atoms with Crippen LogP contribution in [0.25, 0.3) is 0 Å². The molecule has 1 aliphatic carbocycles. The average Bonchev–Trinajstić information content (AvgIpc) is 2.40. The van der Waals surface area contributed by atoms with Crippen molar-refractivity contribution in [2.24, 2.45) is 5.16 Å². The molecule has 0 aliphatic heterocycles. The molecule has 1 fully saturated rings. The van der Waals surface area contributed by atoms with Gasteiger partial charge in [0.25, 0.3) is 0 Å². The van der Waals surface area contributed by atoms with E-state index in [0.29, 0.717) is 5.69 Å². The van der Waals surface area contributed by atoms with Crippen molar-refractivity contribution in [3.05, 3.63) is 28.7 Å². The smallest absolute Gasteiger partial charge is 0.298 e. The lowest BCUT2D eigenvalue weighted by Gasteiger charge is -2.11. The Labute approximate surface area is 115 Å². The number of nitrogens with zero attached hydrogens (tertiary/aromatic N) is 1. The minimum absolute atomic E-state index is 0.546. The molecule has 1 aliphatic rings. The van der Waals surface area contributed by atoms with E-state index in [0.717, 1.165) is 35.9 Å². The minimum Gasteiger partial charge on any atom is -0.298 e. The van der Waals surface area contributed by atoms with Crippen LogP contribution in [0.5, 0.6) is 0 Å². The molecule has 5 heteroatoms. The summed E-state index contributed by atoms with van der Waals surface area (Å²) < 4.78 is 0.962. The Hall–Kier alpha value is -1.36. The number of carbonyl (C=O) groups is 1. The van der Waals surface area contributed by atoms with Crippen LogP contribution in [0.3, 0.4) is 0 Å². The highest BCUT2D eigenvalue weighted by Crippen LogP contribution is 2.16. The third-order valence-electron chi connectivity index (χ3n) is 2.78. The molecule has 0 spiro atoms. The van der Waals surface area contributed by atoms with Gasteiger partial charge in [0.1, 0.15) is 0 Å². The lowest BCUT2D eigenvalue weighted by Crippen LogP contribution is -2.13. The molecule has 1 N–H and O–H groups in total. The van der Waals surface area contributed by atoms with Gasteiger partial charge in [0, 0.05) is 10.2 Å². The van der Waals surface area contributed by atoms with Gasteiger partial charge in [-0.1, -0.05) is 27.5 Å². The van der Waals surface area contributed by atoms with E-state index >= 15 is 0 Å². The summed E-state index contributed by atoms with van der Waals surface area (Å²) in [7, 11) is 0. The lowest BCUT2D eigenvalue weighted by atomic mass is 9.99. The number of hydrogen-bond donors (Lipinski definition) is 1. The predicted octanol–water partition coefficient (Wildman–Crippen LogP) is 4.32. The molecule has 0 radical (unpaired) electrons. The normalized spacial score (nSPS) is 15.1. The van der Waals surface area contributed by atoms with Crippen molar-refractivity contribution in [2.75, 3.05) is 5.32 Å². The molecule has 1 amide bonds. The molecule has 96 valence electrons. The fraction of sp³-hybridized carbons (Fsp3) is 0.385. The molecule has 0 atom stereocenters. The first-order valence-corrected chi connectivity index (χ1v) is 6.82. The number of halogens is 1. The third-order valence-corrected chi connectivity index (χ3v) is 3.31. The van der Waals surface area contributed by atoms with Gasteiger partial charge in [-0.2, -0.15) is 0 Å². The second kappa shape index (κ2) is 6.54. The summed E-state index contributed by atoms with van der Waals surface area (Å²) in [6.45, 7) is 0. The Morgan fingerprint density at radius 2 is 1.83 bits per heavy atom. The van der Waals surface area contributed by atoms with Crippen LogP contribution in [0.1, 0.15) is 32.1 Å². The highest BCUT2D eigenvalue weighted by molar-refractivity contribution is 9.10. The van der Waals surface area contributed by atoms with Gasteiger partial charge in [-0.3, -0.25) is 10.2 Å². The molecular weight excluding hydrogens is 296 g/mol. The van der Waals surface area contributed by atoms with Crippen LogP contribution in [0.4, 0.5) is 10.5 Å². The van der Waals surface area contributed by atoms with E-state index in [4.69, 9.17) is 4.84 Å². The Bertz CT molecular complexity index is 435. The van der Waals surface area contributed by atoms with Gasteiger partial charge in [-0.05, 0) is 49.9 Å². The molecule has 4 nitrogen and oxygen atoms in total. The predicted molar refractivity (Wildman–Crippen MR) is 74.8 cm³/mol. The van der Waals surface area contributed by atoms with E-state index < -0.39 is 6.09 Å². The average molecular weight is 311 g/mol. The number of anilines is 1. The molecule has 0 aromatic heterocycles. The molecular formula is C13H15BrN2O2. The van der Waals surface area contributed by atoms with Crippen molar-refractivity contribution in [3.63, 3.8) is 0 Å². The molecule has 1 saturated carbocycles. The van der Waals surface area contributed by atoms with Crippen LogP contribution in [-0.2, 0) is 4.84 Å². The molecule has 2 rings (SSSR count). The van der Waals surface area contributed by atoms with Crippen LogP contribution < -0.4 is 5.32 Å². The van der Waals surface area contributed by atoms with Crippen LogP contribution in [0, 0.1) is 0 Å². The Morgan fingerprint density at radius 1 is 1.17 bits per heavy atom. The lowest BCUT2D eigenvalue weighted by molar-refractivity contribution is 0.165. The van der Waals surface area contributed by atoms with Crippen molar-refractivity contribution < 1.29 is 9.63 Å². The van der Waals surface area contributed by atoms with Gasteiger partial charge in [-0.25, -0.2) is 4.79 Å². The van der Waals surface area contributed by atoms with Gasteiger partial charge in [-0.15, -0.1) is 0 Å². The molecule has 0 unspecified atom stereocenters. The van der Waals surface area contributed by atoms with Crippen LogP contribution in [0.15, 0.2) is 33.9 Å². The Kier molecular flexibility index (Phi) is 4.75. The monoisotopic (exact) mass is 310 g/mol. The summed E-state index contributed by atoms with van der Waals surface area (Å²) in [4.78, 5) is 16.3. The first-order valence-electron chi connectivity index (χ1n) is 6.03. The fourth-order valence-corrected chi connectivity index (χ4v) is 2.10. The van der Waals surface area contributed by atoms with E-state index in [9.17, 15) is 4.79 Å². The molecule has 0 heterocycles. The topological polar surface area (TPSA) is 50.7 Å². The second-order valence-electron chi connectivity index (χ2n) is 4.23. The van der Waals surface area contributed by atoms with Crippen molar-refractivity contribution in [1.82, 2.24) is 0 Å². The summed E-state index contributed by atoms with van der Waals surface area (Å²) in [5.74, 6) is 0. The molecule has 1 aromatic rings. The van der Waals surface area contributed by atoms with Gasteiger partial charge < -0.3 is 0 Å². The molecule has 0 bridgehead atoms. The van der Waals surface area contributed by atoms with E-state index in [-0.39, 0.29) is 0 Å². The number of rotatable bonds is 2. The maximum absolute atomic E-state index is 11.5. The maximum atomic E-state index is 11.5. The molecule has 1 aromatic carbocycles. The van der Waals surface area contributed by atoms with Gasteiger partial charge >= 0.3 is 6.09 Å². The summed E-state index contributed by atoms with van der Waals surface area (Å²) in [5.41, 5.74) is 1.67. The van der Waals surface area contributed by atoms with Crippen LogP contribution >= 0.6 is 15.9 Å². The van der Waals surface area contributed by atoms with Crippen molar-refractivity contribution in [2.45, 2.75) is 32.1 Å². The first-order chi connectivity index (χ1) is 8.74. The fourth-order valence-electron chi connectivity index (χ4n) is 1.83. The zero-order valence-electron chi connectivity index (χ0n) is 9.99. The zero-order valence-corrected chi connectivity index (χ0v) is 11.6. The van der Waals surface area contributed by atoms with Gasteiger partial charge in [0.2, 0.25) is 0 Å². The van der Waals surface area contributed by atoms with Crippen LogP contribution in [0.2, 0.25) is 0 Å². The van der Waals surface area contributed by atoms with Crippen molar-refractivity contribution in [3.8, 4) is 0 Å². The summed E-state index contributed by atoms with van der Waals surface area (Å²) >= 11 is 3.33. The summed E-state index contributed by atoms with van der Waals surface area (Å²) in [5, 5.41) is 6.51. The first kappa shape index (κ1) is 13.1. The largest absolute Gasteiger partial charge is 0.437 e. The number of carbonyl (C=O) groups excluding carboxylic acids is 1. The van der Waals surface area contributed by atoms with Gasteiger partial charge in [0.05, 0.1) is 5.71 Å². The maximum Gasteiger partial charge on any atom is 0.437 e. The highest BCUT2D eigenvalue weighted by atomic mass is 79.9. The number of benzene rings is 1. The third kappa shape index (κ3) is 4.14. The second-order valence-corrected chi connectivity index (χ2v) is 5.14. The standard InChI is InChI=1S/C13H15BrN2O2/c14-10-6-8-11(9-7-10)15-13(17)18-16-12-4-2-1-3-5-12/h6-9H,1-5H2,(H,15,17). The number of nitrogens with one attached hydrogen (secondary N) is 1. The van der Waals surface area contributed by atoms with E-state index in [1.165, 1.54) is 6.42 Å². The number of amides is 1. The quantitative estimate of drug-likeness (QED) is 0.653. The van der Waals surface area contributed by atoms with E-state index in [2.05, 4.69) is 26.4 Å². The number of hydrogen-bond acceptors (Lipinski definition) is 3. The van der Waals surface area contributed by atoms with Crippen molar-refractivity contribution in [1.29, 1.82) is 0 Å². The minimum atomic E-state index is -0.546. The highest BCUT2D eigenvalue weighted by Gasteiger charge is 2.09. The summed E-state index contributed by atoms with van der Waals surface area (Å²) in [6.07, 6.45) is 4.84. The molecule has 18 heavy (non-hydrogen) atoms. The van der Waals surface area contributed by atoms with Crippen molar-refractivity contribution >= 4 is 33.4 Å². The zero-order chi connectivity index (χ0) is 12.8. The Morgan fingerprint density at radius 3 is 2.50 bits per heavy atom. The number of oxime groups is 1. The van der Waals surface area contributed by atoms with Gasteiger partial charge in [0.15, 0.2) is 0 Å². The Balaban J connectivity index is 1.83. The van der Waals surface area contributed by atoms with E-state index in [1.54, 1.807) is 12.1 Å². The summed E-state index contributed by atoms with van der Waals surface area (Å²) in [6, 6.07) is 7.28. The van der Waals surface area contributed by atoms with E-state index in [1.807, 2.05) is 12.1 Å². The molecule has 0 saturated heterocycles. The SMILES string of the molecule is O=C(Nc1ccc(Br)cc1)ON=C1CCCCC1. The van der Waals surface area contributed by atoms with Crippen LogP contribution in [-0.4, -0.2) is 11.8 Å².